The first-order chi connectivity index (χ1) is 12.6. The van der Waals surface area contributed by atoms with Crippen LogP contribution in [0.5, 0.6) is 11.5 Å². The number of methoxy groups -OCH3 is 2. The molecule has 26 heavy (non-hydrogen) atoms. The van der Waals surface area contributed by atoms with Gasteiger partial charge in [-0.05, 0) is 43.2 Å². The minimum absolute atomic E-state index is 0.140. The van der Waals surface area contributed by atoms with Crippen molar-refractivity contribution in [2.75, 3.05) is 45.3 Å². The lowest BCUT2D eigenvalue weighted by Gasteiger charge is -2.39. The molecule has 1 atom stereocenters. The van der Waals surface area contributed by atoms with Gasteiger partial charge in [-0.15, -0.1) is 0 Å². The van der Waals surface area contributed by atoms with E-state index < -0.39 is 0 Å². The minimum Gasteiger partial charge on any atom is -0.493 e. The predicted molar refractivity (Wildman–Crippen MR) is 103 cm³/mol. The van der Waals surface area contributed by atoms with Crippen molar-refractivity contribution in [3.05, 3.63) is 53.8 Å². The van der Waals surface area contributed by atoms with Crippen LogP contribution in [-0.2, 0) is 6.42 Å². The summed E-state index contributed by atoms with van der Waals surface area (Å²) in [6, 6.07) is 13.5. The smallest absolute Gasteiger partial charge is 0.160 e. The van der Waals surface area contributed by atoms with Gasteiger partial charge < -0.3 is 14.4 Å². The molecule has 0 saturated carbocycles. The molecule has 0 aromatic heterocycles. The van der Waals surface area contributed by atoms with Crippen LogP contribution in [0.15, 0.2) is 42.5 Å². The van der Waals surface area contributed by atoms with Gasteiger partial charge in [0.05, 0.1) is 19.9 Å². The van der Waals surface area contributed by atoms with Crippen LogP contribution in [0.2, 0.25) is 0 Å². The summed E-state index contributed by atoms with van der Waals surface area (Å²) in [6.45, 7) is 5.80. The molecule has 1 saturated heterocycles. The lowest BCUT2D eigenvalue weighted by molar-refractivity contribution is 0.195. The molecule has 2 aromatic carbocycles. The summed E-state index contributed by atoms with van der Waals surface area (Å²) in [5.74, 6) is 1.38. The fourth-order valence-corrected chi connectivity index (χ4v) is 3.59. The number of hydrogen-bond donors (Lipinski definition) is 0. The monoisotopic (exact) mass is 358 g/mol. The fraction of sp³-hybridized carbons (Fsp3) is 0.429. The van der Waals surface area contributed by atoms with Crippen molar-refractivity contribution in [2.45, 2.75) is 19.4 Å². The maximum Gasteiger partial charge on any atom is 0.160 e. The molecular formula is C21H27FN2O2. The van der Waals surface area contributed by atoms with Crippen molar-refractivity contribution in [2.24, 2.45) is 0 Å². The van der Waals surface area contributed by atoms with Crippen LogP contribution < -0.4 is 14.4 Å². The number of benzene rings is 2. The van der Waals surface area contributed by atoms with E-state index in [-0.39, 0.29) is 5.82 Å². The summed E-state index contributed by atoms with van der Waals surface area (Å²) < 4.78 is 24.7. The second-order valence-corrected chi connectivity index (χ2v) is 6.72. The average molecular weight is 358 g/mol. The zero-order chi connectivity index (χ0) is 18.5. The third-order valence-corrected chi connectivity index (χ3v) is 5.11. The Morgan fingerprint density at radius 1 is 0.962 bits per heavy atom. The highest BCUT2D eigenvalue weighted by Crippen LogP contribution is 2.28. The van der Waals surface area contributed by atoms with E-state index in [9.17, 15) is 4.39 Å². The molecule has 1 aliphatic rings. The molecule has 1 fully saturated rings. The number of nitrogens with zero attached hydrogens (tertiary/aromatic N) is 2. The largest absolute Gasteiger partial charge is 0.493 e. The van der Waals surface area contributed by atoms with Gasteiger partial charge in [-0.1, -0.05) is 18.2 Å². The van der Waals surface area contributed by atoms with Gasteiger partial charge >= 0.3 is 0 Å². The van der Waals surface area contributed by atoms with Crippen LogP contribution >= 0.6 is 0 Å². The Hall–Kier alpha value is -2.27. The van der Waals surface area contributed by atoms with E-state index in [2.05, 4.69) is 22.8 Å². The second kappa shape index (κ2) is 8.41. The van der Waals surface area contributed by atoms with Crippen molar-refractivity contribution < 1.29 is 13.9 Å². The third kappa shape index (κ3) is 4.10. The van der Waals surface area contributed by atoms with Gasteiger partial charge in [-0.3, -0.25) is 4.90 Å². The number of para-hydroxylation sites is 1. The first kappa shape index (κ1) is 18.5. The average Bonchev–Trinajstić information content (AvgIpc) is 2.68. The first-order valence-corrected chi connectivity index (χ1v) is 9.06. The zero-order valence-corrected chi connectivity index (χ0v) is 15.7. The predicted octanol–water partition coefficient (Wildman–Crippen LogP) is 3.60. The zero-order valence-electron chi connectivity index (χ0n) is 15.7. The Kier molecular flexibility index (Phi) is 5.99. The summed E-state index contributed by atoms with van der Waals surface area (Å²) in [4.78, 5) is 4.60. The van der Waals surface area contributed by atoms with E-state index in [1.165, 1.54) is 11.6 Å². The maximum absolute atomic E-state index is 14.0. The van der Waals surface area contributed by atoms with E-state index in [0.29, 0.717) is 11.7 Å². The van der Waals surface area contributed by atoms with Gasteiger partial charge in [0.15, 0.2) is 11.5 Å². The molecule has 5 heteroatoms. The second-order valence-electron chi connectivity index (χ2n) is 6.72. The summed E-state index contributed by atoms with van der Waals surface area (Å²) in [5, 5.41) is 0. The number of piperazine rings is 1. The van der Waals surface area contributed by atoms with Gasteiger partial charge in [-0.2, -0.15) is 0 Å². The highest BCUT2D eigenvalue weighted by Gasteiger charge is 2.23. The molecule has 1 aliphatic heterocycles. The van der Waals surface area contributed by atoms with Crippen LogP contribution in [0.3, 0.4) is 0 Å². The number of ether oxygens (including phenoxy) is 2. The van der Waals surface area contributed by atoms with Gasteiger partial charge in [0.2, 0.25) is 0 Å². The number of rotatable bonds is 6. The molecule has 0 bridgehead atoms. The molecule has 2 aromatic rings. The fourth-order valence-electron chi connectivity index (χ4n) is 3.59. The topological polar surface area (TPSA) is 24.9 Å². The summed E-state index contributed by atoms with van der Waals surface area (Å²) in [6.07, 6.45) is 0.944. The first-order valence-electron chi connectivity index (χ1n) is 9.06. The van der Waals surface area contributed by atoms with Crippen molar-refractivity contribution in [3.63, 3.8) is 0 Å². The molecule has 0 unspecified atom stereocenters. The minimum atomic E-state index is -0.140. The molecular weight excluding hydrogens is 331 g/mol. The van der Waals surface area contributed by atoms with E-state index >= 15 is 0 Å². The lowest BCUT2D eigenvalue weighted by atomic mass is 10.0. The van der Waals surface area contributed by atoms with Gasteiger partial charge in [0.1, 0.15) is 5.82 Å². The van der Waals surface area contributed by atoms with Crippen molar-refractivity contribution in [1.82, 2.24) is 4.90 Å². The Bertz CT molecular complexity index is 730. The van der Waals surface area contributed by atoms with Crippen molar-refractivity contribution in [3.8, 4) is 11.5 Å². The van der Waals surface area contributed by atoms with Crippen LogP contribution in [0.1, 0.15) is 12.5 Å². The van der Waals surface area contributed by atoms with Gasteiger partial charge in [0.25, 0.3) is 0 Å². The molecule has 140 valence electrons. The van der Waals surface area contributed by atoms with Crippen molar-refractivity contribution in [1.29, 1.82) is 0 Å². The van der Waals surface area contributed by atoms with Crippen molar-refractivity contribution >= 4 is 5.69 Å². The molecule has 0 N–H and O–H groups in total. The number of halogens is 1. The molecule has 4 nitrogen and oxygen atoms in total. The van der Waals surface area contributed by atoms with Crippen LogP contribution in [0.4, 0.5) is 10.1 Å². The quantitative estimate of drug-likeness (QED) is 0.788. The van der Waals surface area contributed by atoms with E-state index in [0.717, 1.165) is 44.1 Å². The number of anilines is 1. The number of hydrogen-bond acceptors (Lipinski definition) is 4. The normalized spacial score (nSPS) is 16.4. The highest BCUT2D eigenvalue weighted by atomic mass is 19.1. The van der Waals surface area contributed by atoms with Crippen LogP contribution in [0.25, 0.3) is 0 Å². The van der Waals surface area contributed by atoms with E-state index in [1.54, 1.807) is 20.3 Å². The van der Waals surface area contributed by atoms with Gasteiger partial charge in [0, 0.05) is 32.2 Å². The Morgan fingerprint density at radius 2 is 1.65 bits per heavy atom. The summed E-state index contributed by atoms with van der Waals surface area (Å²) >= 11 is 0. The Morgan fingerprint density at radius 3 is 2.31 bits per heavy atom. The van der Waals surface area contributed by atoms with Crippen LogP contribution in [-0.4, -0.2) is 51.3 Å². The standard InChI is InChI=1S/C21H27FN2O2/c1-16(14-17-8-9-20(25-2)21(15-17)26-3)23-10-12-24(13-11-23)19-7-5-4-6-18(19)22/h4-9,15-16H,10-14H2,1-3H3/t16-/m0/s1. The van der Waals surface area contributed by atoms with Gasteiger partial charge in [-0.25, -0.2) is 4.39 Å². The Balaban J connectivity index is 1.59. The van der Waals surface area contributed by atoms with E-state index in [1.807, 2.05) is 24.3 Å². The summed E-state index contributed by atoms with van der Waals surface area (Å²) in [5.41, 5.74) is 1.94. The van der Waals surface area contributed by atoms with Crippen LogP contribution in [0, 0.1) is 5.82 Å². The molecule has 3 rings (SSSR count). The SMILES string of the molecule is COc1ccc(C[C@H](C)N2CCN(c3ccccc3F)CC2)cc1OC. The molecule has 1 heterocycles. The Labute approximate surface area is 155 Å². The molecule has 0 amide bonds. The summed E-state index contributed by atoms with van der Waals surface area (Å²) in [7, 11) is 3.31. The third-order valence-electron chi connectivity index (χ3n) is 5.11. The molecule has 0 spiro atoms. The van der Waals surface area contributed by atoms with E-state index in [4.69, 9.17) is 9.47 Å². The highest BCUT2D eigenvalue weighted by molar-refractivity contribution is 5.48. The lowest BCUT2D eigenvalue weighted by Crippen LogP contribution is -2.50. The maximum atomic E-state index is 14.0. The molecule has 0 aliphatic carbocycles. The molecule has 0 radical (unpaired) electrons.